The molecule has 1 atom stereocenters. The Balaban J connectivity index is 2.88. The van der Waals surface area contributed by atoms with Gasteiger partial charge in [-0.2, -0.15) is 0 Å². The smallest absolute Gasteiger partial charge is 0.409 e. The van der Waals surface area contributed by atoms with Gasteiger partial charge < -0.3 is 14.8 Å². The highest BCUT2D eigenvalue weighted by Crippen LogP contribution is 2.18. The second-order valence-corrected chi connectivity index (χ2v) is 5.30. The molecule has 0 aliphatic heterocycles. The van der Waals surface area contributed by atoms with Crippen molar-refractivity contribution in [3.05, 3.63) is 35.9 Å². The monoisotopic (exact) mass is 289 g/mol. The van der Waals surface area contributed by atoms with E-state index >= 15 is 0 Å². The molecular formula is C16H19NO4. The first-order chi connectivity index (χ1) is 9.83. The average molecular weight is 289 g/mol. The van der Waals surface area contributed by atoms with Gasteiger partial charge in [0, 0.05) is 0 Å². The summed E-state index contributed by atoms with van der Waals surface area (Å²) in [4.78, 5) is 23.9. The highest BCUT2D eigenvalue weighted by Gasteiger charge is 2.28. The van der Waals surface area contributed by atoms with Crippen LogP contribution in [-0.2, 0) is 14.3 Å². The molecule has 1 amide bonds. The van der Waals surface area contributed by atoms with Crippen molar-refractivity contribution in [3.8, 4) is 12.3 Å². The summed E-state index contributed by atoms with van der Waals surface area (Å²) in [5.74, 6) is 1.62. The summed E-state index contributed by atoms with van der Waals surface area (Å²) >= 11 is 0. The standard InChI is InChI=1S/C16H19NO4/c1-5-11-20-15(19)17-13(12-9-7-6-8-10-12)14(18)21-16(2,3)4/h1,6-10,13H,11H2,2-4H3,(H,17,19)/t13-/m1/s1. The number of hydrogen-bond donors (Lipinski definition) is 1. The maximum absolute atomic E-state index is 12.2. The Hall–Kier alpha value is -2.48. The van der Waals surface area contributed by atoms with Gasteiger partial charge in [-0.1, -0.05) is 36.3 Å². The molecule has 0 bridgehead atoms. The van der Waals surface area contributed by atoms with Gasteiger partial charge in [-0.3, -0.25) is 0 Å². The number of rotatable bonds is 4. The first-order valence-corrected chi connectivity index (χ1v) is 6.48. The number of benzene rings is 1. The molecule has 0 fully saturated rings. The van der Waals surface area contributed by atoms with Crippen molar-refractivity contribution in [3.63, 3.8) is 0 Å². The molecule has 0 aromatic heterocycles. The fourth-order valence-electron chi connectivity index (χ4n) is 1.55. The number of carbonyl (C=O) groups is 2. The first kappa shape index (κ1) is 16.6. The van der Waals surface area contributed by atoms with Gasteiger partial charge in [-0.25, -0.2) is 9.59 Å². The van der Waals surface area contributed by atoms with E-state index in [-0.39, 0.29) is 6.61 Å². The Labute approximate surface area is 124 Å². The van der Waals surface area contributed by atoms with E-state index in [0.29, 0.717) is 5.56 Å². The van der Waals surface area contributed by atoms with Crippen LogP contribution in [0.1, 0.15) is 32.4 Å². The van der Waals surface area contributed by atoms with E-state index in [1.807, 2.05) is 6.07 Å². The van der Waals surface area contributed by atoms with E-state index in [0.717, 1.165) is 0 Å². The van der Waals surface area contributed by atoms with Crippen molar-refractivity contribution >= 4 is 12.1 Å². The highest BCUT2D eigenvalue weighted by molar-refractivity contribution is 5.83. The van der Waals surface area contributed by atoms with Crippen LogP contribution in [0.15, 0.2) is 30.3 Å². The molecule has 112 valence electrons. The summed E-state index contributed by atoms with van der Waals surface area (Å²) in [5, 5.41) is 2.46. The molecule has 21 heavy (non-hydrogen) atoms. The lowest BCUT2D eigenvalue weighted by Gasteiger charge is -2.24. The van der Waals surface area contributed by atoms with Crippen LogP contribution >= 0.6 is 0 Å². The number of terminal acetylenes is 1. The van der Waals surface area contributed by atoms with Gasteiger partial charge in [-0.15, -0.1) is 6.42 Å². The minimum Gasteiger partial charge on any atom is -0.458 e. The molecule has 1 N–H and O–H groups in total. The lowest BCUT2D eigenvalue weighted by atomic mass is 10.1. The fourth-order valence-corrected chi connectivity index (χ4v) is 1.55. The zero-order valence-electron chi connectivity index (χ0n) is 12.4. The molecule has 0 aliphatic rings. The van der Waals surface area contributed by atoms with E-state index in [2.05, 4.69) is 11.2 Å². The van der Waals surface area contributed by atoms with Crippen LogP contribution in [0.3, 0.4) is 0 Å². The number of ether oxygens (including phenoxy) is 2. The molecule has 1 aromatic rings. The number of hydrogen-bond acceptors (Lipinski definition) is 4. The molecule has 0 aliphatic carbocycles. The minimum atomic E-state index is -0.948. The molecule has 1 aromatic carbocycles. The lowest BCUT2D eigenvalue weighted by Crippen LogP contribution is -2.38. The maximum Gasteiger partial charge on any atom is 0.409 e. The van der Waals surface area contributed by atoms with Gasteiger partial charge in [0.1, 0.15) is 5.60 Å². The Kier molecular flexibility index (Phi) is 5.79. The van der Waals surface area contributed by atoms with Crippen LogP contribution in [0.2, 0.25) is 0 Å². The molecule has 1 rings (SSSR count). The lowest BCUT2D eigenvalue weighted by molar-refractivity contribution is -0.157. The zero-order chi connectivity index (χ0) is 15.9. The summed E-state index contributed by atoms with van der Waals surface area (Å²) in [6.07, 6.45) is 4.24. The summed E-state index contributed by atoms with van der Waals surface area (Å²) < 4.78 is 10.0. The third-order valence-corrected chi connectivity index (χ3v) is 2.32. The van der Waals surface area contributed by atoms with E-state index in [9.17, 15) is 9.59 Å². The van der Waals surface area contributed by atoms with Crippen molar-refractivity contribution in [2.24, 2.45) is 0 Å². The van der Waals surface area contributed by atoms with Gasteiger partial charge >= 0.3 is 12.1 Å². The second kappa shape index (κ2) is 7.34. The predicted octanol–water partition coefficient (Wildman–Crippen LogP) is 2.43. The topological polar surface area (TPSA) is 64.6 Å². The number of esters is 1. The number of nitrogens with one attached hydrogen (secondary N) is 1. The second-order valence-electron chi connectivity index (χ2n) is 5.30. The van der Waals surface area contributed by atoms with Crippen LogP contribution in [-0.4, -0.2) is 24.3 Å². The van der Waals surface area contributed by atoms with E-state index in [1.165, 1.54) is 0 Å². The van der Waals surface area contributed by atoms with Gasteiger partial charge in [0.25, 0.3) is 0 Å². The summed E-state index contributed by atoms with van der Waals surface area (Å²) in [6.45, 7) is 5.10. The van der Waals surface area contributed by atoms with Crippen molar-refractivity contribution < 1.29 is 19.1 Å². The molecule has 0 saturated heterocycles. The van der Waals surface area contributed by atoms with Crippen LogP contribution in [0.25, 0.3) is 0 Å². The fraction of sp³-hybridized carbons (Fsp3) is 0.375. The average Bonchev–Trinajstić information content (AvgIpc) is 2.41. The predicted molar refractivity (Wildman–Crippen MR) is 78.3 cm³/mol. The van der Waals surface area contributed by atoms with E-state index < -0.39 is 23.7 Å². The van der Waals surface area contributed by atoms with Crippen molar-refractivity contribution in [2.45, 2.75) is 32.4 Å². The van der Waals surface area contributed by atoms with Gasteiger partial charge in [0.15, 0.2) is 12.6 Å². The summed E-state index contributed by atoms with van der Waals surface area (Å²) in [7, 11) is 0. The van der Waals surface area contributed by atoms with Crippen LogP contribution in [0.4, 0.5) is 4.79 Å². The van der Waals surface area contributed by atoms with Crippen molar-refractivity contribution in [1.29, 1.82) is 0 Å². The van der Waals surface area contributed by atoms with Gasteiger partial charge in [0.05, 0.1) is 0 Å². The van der Waals surface area contributed by atoms with Crippen molar-refractivity contribution in [2.75, 3.05) is 6.61 Å². The maximum atomic E-state index is 12.2. The normalized spacial score (nSPS) is 11.9. The molecular weight excluding hydrogens is 270 g/mol. The molecule has 0 saturated carbocycles. The minimum absolute atomic E-state index is 0.165. The molecule has 0 unspecified atom stereocenters. The number of carbonyl (C=O) groups excluding carboxylic acids is 2. The molecule has 5 heteroatoms. The largest absolute Gasteiger partial charge is 0.458 e. The zero-order valence-corrected chi connectivity index (χ0v) is 12.4. The third-order valence-electron chi connectivity index (χ3n) is 2.32. The molecule has 5 nitrogen and oxygen atoms in total. The highest BCUT2D eigenvalue weighted by atomic mass is 16.6. The first-order valence-electron chi connectivity index (χ1n) is 6.48. The van der Waals surface area contributed by atoms with Crippen LogP contribution in [0.5, 0.6) is 0 Å². The number of alkyl carbamates (subject to hydrolysis) is 1. The van der Waals surface area contributed by atoms with Gasteiger partial charge in [-0.05, 0) is 26.3 Å². The van der Waals surface area contributed by atoms with Crippen molar-refractivity contribution in [1.82, 2.24) is 5.32 Å². The Morgan fingerprint density at radius 3 is 2.43 bits per heavy atom. The van der Waals surface area contributed by atoms with Crippen LogP contribution < -0.4 is 5.32 Å². The molecule has 0 spiro atoms. The molecule has 0 heterocycles. The number of amides is 1. The summed E-state index contributed by atoms with van der Waals surface area (Å²) in [6, 6.07) is 7.83. The summed E-state index contributed by atoms with van der Waals surface area (Å²) in [5.41, 5.74) is -0.0569. The van der Waals surface area contributed by atoms with E-state index in [4.69, 9.17) is 15.9 Å². The Morgan fingerprint density at radius 1 is 1.29 bits per heavy atom. The van der Waals surface area contributed by atoms with E-state index in [1.54, 1.807) is 45.0 Å². The quantitative estimate of drug-likeness (QED) is 0.683. The Morgan fingerprint density at radius 2 is 1.90 bits per heavy atom. The Bertz CT molecular complexity index is 525. The molecule has 0 radical (unpaired) electrons. The third kappa shape index (κ3) is 6.00. The SMILES string of the molecule is C#CCOC(=O)N[C@@H](C(=O)OC(C)(C)C)c1ccccc1. The van der Waals surface area contributed by atoms with Gasteiger partial charge in [0.2, 0.25) is 0 Å². The van der Waals surface area contributed by atoms with Crippen LogP contribution in [0, 0.1) is 12.3 Å².